The van der Waals surface area contributed by atoms with E-state index in [9.17, 15) is 4.39 Å². The van der Waals surface area contributed by atoms with Gasteiger partial charge in [0.1, 0.15) is 5.82 Å². The molecule has 1 N–H and O–H groups in total. The van der Waals surface area contributed by atoms with E-state index in [-0.39, 0.29) is 11.9 Å². The summed E-state index contributed by atoms with van der Waals surface area (Å²) >= 11 is 6.10. The highest BCUT2D eigenvalue weighted by Gasteiger charge is 2.14. The number of nitrogens with one attached hydrogen (secondary N) is 1. The molecule has 0 fully saturated rings. The van der Waals surface area contributed by atoms with Crippen LogP contribution >= 0.6 is 11.6 Å². The van der Waals surface area contributed by atoms with Gasteiger partial charge in [0.25, 0.3) is 0 Å². The number of hydrogen-bond donors (Lipinski definition) is 1. The topological polar surface area (TPSA) is 24.9 Å². The Balaban J connectivity index is 2.13. The lowest BCUT2D eigenvalue weighted by Crippen LogP contribution is -2.33. The van der Waals surface area contributed by atoms with Crippen LogP contribution in [0.1, 0.15) is 18.1 Å². The molecule has 0 saturated carbocycles. The Kier molecular flexibility index (Phi) is 5.50. The molecule has 0 saturated heterocycles. The predicted octanol–water partition coefficient (Wildman–Crippen LogP) is 3.64. The maximum absolute atomic E-state index is 13.9. The number of aromatic nitrogens is 1. The largest absolute Gasteiger partial charge is 0.314 e. The minimum atomic E-state index is -0.241. The van der Waals surface area contributed by atoms with E-state index < -0.39 is 0 Å². The highest BCUT2D eigenvalue weighted by atomic mass is 35.5. The van der Waals surface area contributed by atoms with E-state index in [0.29, 0.717) is 17.0 Å². The average molecular weight is 293 g/mol. The second kappa shape index (κ2) is 7.36. The molecule has 0 aliphatic rings. The molecule has 0 aliphatic heterocycles. The van der Waals surface area contributed by atoms with Crippen LogP contribution in [-0.4, -0.2) is 17.6 Å². The van der Waals surface area contributed by atoms with Crippen molar-refractivity contribution in [1.82, 2.24) is 10.3 Å². The molecule has 106 valence electrons. The van der Waals surface area contributed by atoms with Crippen molar-refractivity contribution in [3.8, 4) is 0 Å². The zero-order valence-electron chi connectivity index (χ0n) is 11.4. The molecule has 2 nitrogen and oxygen atoms in total. The Morgan fingerprint density at radius 1 is 1.20 bits per heavy atom. The van der Waals surface area contributed by atoms with E-state index in [2.05, 4.69) is 10.3 Å². The van der Waals surface area contributed by atoms with E-state index >= 15 is 0 Å². The van der Waals surface area contributed by atoms with Crippen LogP contribution in [0, 0.1) is 5.82 Å². The van der Waals surface area contributed by atoms with Gasteiger partial charge in [0.05, 0.1) is 0 Å². The first-order valence-electron chi connectivity index (χ1n) is 6.76. The van der Waals surface area contributed by atoms with Gasteiger partial charge in [-0.05, 0) is 49.2 Å². The molecule has 0 spiro atoms. The summed E-state index contributed by atoms with van der Waals surface area (Å²) in [6.07, 6.45) is 4.94. The summed E-state index contributed by atoms with van der Waals surface area (Å²) < 4.78 is 13.9. The van der Waals surface area contributed by atoms with Crippen molar-refractivity contribution >= 4 is 11.6 Å². The quantitative estimate of drug-likeness (QED) is 0.879. The van der Waals surface area contributed by atoms with E-state index in [4.69, 9.17) is 11.6 Å². The van der Waals surface area contributed by atoms with Crippen LogP contribution in [0.2, 0.25) is 5.02 Å². The van der Waals surface area contributed by atoms with Crippen molar-refractivity contribution in [3.05, 3.63) is 64.7 Å². The molecule has 1 unspecified atom stereocenters. The molecule has 20 heavy (non-hydrogen) atoms. The van der Waals surface area contributed by atoms with Crippen molar-refractivity contribution < 1.29 is 4.39 Å². The van der Waals surface area contributed by atoms with E-state index in [1.165, 1.54) is 11.6 Å². The third-order valence-corrected chi connectivity index (χ3v) is 3.59. The smallest absolute Gasteiger partial charge is 0.127 e. The Labute approximate surface area is 124 Å². The van der Waals surface area contributed by atoms with Crippen LogP contribution in [0.5, 0.6) is 0 Å². The monoisotopic (exact) mass is 292 g/mol. The molecule has 2 aromatic rings. The van der Waals surface area contributed by atoms with Gasteiger partial charge in [-0.25, -0.2) is 4.39 Å². The predicted molar refractivity (Wildman–Crippen MR) is 80.5 cm³/mol. The minimum absolute atomic E-state index is 0.150. The minimum Gasteiger partial charge on any atom is -0.314 e. The highest BCUT2D eigenvalue weighted by molar-refractivity contribution is 6.31. The fraction of sp³-hybridized carbons (Fsp3) is 0.312. The van der Waals surface area contributed by atoms with Gasteiger partial charge in [0.2, 0.25) is 0 Å². The normalized spacial score (nSPS) is 12.3. The van der Waals surface area contributed by atoms with Gasteiger partial charge >= 0.3 is 0 Å². The van der Waals surface area contributed by atoms with Crippen LogP contribution in [0.3, 0.4) is 0 Å². The summed E-state index contributed by atoms with van der Waals surface area (Å²) in [5.41, 5.74) is 1.76. The summed E-state index contributed by atoms with van der Waals surface area (Å²) in [6, 6.07) is 8.93. The summed E-state index contributed by atoms with van der Waals surface area (Å²) in [6.45, 7) is 2.88. The molecule has 0 aliphatic carbocycles. The Morgan fingerprint density at radius 2 is 1.95 bits per heavy atom. The summed E-state index contributed by atoms with van der Waals surface area (Å²) in [4.78, 5) is 4.01. The first-order chi connectivity index (χ1) is 9.70. The van der Waals surface area contributed by atoms with Crippen LogP contribution in [0.4, 0.5) is 4.39 Å². The number of halogens is 2. The zero-order chi connectivity index (χ0) is 14.4. The van der Waals surface area contributed by atoms with Gasteiger partial charge in [-0.1, -0.05) is 24.6 Å². The van der Waals surface area contributed by atoms with Gasteiger partial charge < -0.3 is 5.32 Å². The van der Waals surface area contributed by atoms with Crippen molar-refractivity contribution in [2.45, 2.75) is 25.8 Å². The highest BCUT2D eigenvalue weighted by Crippen LogP contribution is 2.21. The van der Waals surface area contributed by atoms with E-state index in [1.54, 1.807) is 24.5 Å². The number of nitrogens with zero attached hydrogens (tertiary/aromatic N) is 1. The first-order valence-corrected chi connectivity index (χ1v) is 7.13. The van der Waals surface area contributed by atoms with Gasteiger partial charge in [-0.2, -0.15) is 0 Å². The molecule has 1 heterocycles. The number of benzene rings is 1. The summed E-state index contributed by atoms with van der Waals surface area (Å²) in [5.74, 6) is -0.241. The van der Waals surface area contributed by atoms with Crippen LogP contribution < -0.4 is 5.32 Å². The summed E-state index contributed by atoms with van der Waals surface area (Å²) in [5, 5.41) is 3.88. The van der Waals surface area contributed by atoms with Crippen LogP contribution in [-0.2, 0) is 12.8 Å². The number of likely N-dealkylation sites (N-methyl/N-ethyl adjacent to an activating group) is 1. The maximum Gasteiger partial charge on any atom is 0.127 e. The standard InChI is InChI=1S/C16H18ClFN2/c1-2-20-13(10-12-6-8-19-9-7-12)11-14-15(17)4-3-5-16(14)18/h3-9,13,20H,2,10-11H2,1H3. The lowest BCUT2D eigenvalue weighted by Gasteiger charge is -2.19. The number of hydrogen-bond acceptors (Lipinski definition) is 2. The first kappa shape index (κ1) is 14.9. The van der Waals surface area contributed by atoms with Crippen molar-refractivity contribution in [2.75, 3.05) is 6.54 Å². The van der Waals surface area contributed by atoms with Gasteiger partial charge in [0.15, 0.2) is 0 Å². The molecular weight excluding hydrogens is 275 g/mol. The van der Waals surface area contributed by atoms with Crippen molar-refractivity contribution in [2.24, 2.45) is 0 Å². The Bertz CT molecular complexity index is 525. The molecule has 2 rings (SSSR count). The lowest BCUT2D eigenvalue weighted by atomic mass is 9.99. The number of pyridine rings is 1. The molecule has 0 amide bonds. The maximum atomic E-state index is 13.9. The van der Waals surface area contributed by atoms with Gasteiger partial charge in [-0.3, -0.25) is 4.98 Å². The fourth-order valence-corrected chi connectivity index (χ4v) is 2.52. The lowest BCUT2D eigenvalue weighted by molar-refractivity contribution is 0.506. The zero-order valence-corrected chi connectivity index (χ0v) is 12.2. The Morgan fingerprint density at radius 3 is 2.60 bits per heavy atom. The van der Waals surface area contributed by atoms with Crippen LogP contribution in [0.15, 0.2) is 42.7 Å². The third kappa shape index (κ3) is 4.02. The molecule has 4 heteroatoms. The fourth-order valence-electron chi connectivity index (χ4n) is 2.28. The SMILES string of the molecule is CCNC(Cc1ccncc1)Cc1c(F)cccc1Cl. The van der Waals surface area contributed by atoms with Crippen molar-refractivity contribution in [1.29, 1.82) is 0 Å². The van der Waals surface area contributed by atoms with Crippen molar-refractivity contribution in [3.63, 3.8) is 0 Å². The molecular formula is C16H18ClFN2. The molecule has 1 aromatic carbocycles. The van der Waals surface area contributed by atoms with Gasteiger partial charge in [-0.15, -0.1) is 0 Å². The Hall–Kier alpha value is -1.45. The summed E-state index contributed by atoms with van der Waals surface area (Å²) in [7, 11) is 0. The number of rotatable bonds is 6. The second-order valence-electron chi connectivity index (χ2n) is 4.72. The molecule has 1 atom stereocenters. The second-order valence-corrected chi connectivity index (χ2v) is 5.13. The molecule has 1 aromatic heterocycles. The molecule has 0 bridgehead atoms. The van der Waals surface area contributed by atoms with E-state index in [0.717, 1.165) is 13.0 Å². The average Bonchev–Trinajstić information content (AvgIpc) is 2.44. The van der Waals surface area contributed by atoms with E-state index in [1.807, 2.05) is 19.1 Å². The van der Waals surface area contributed by atoms with Gasteiger partial charge in [0, 0.05) is 29.0 Å². The van der Waals surface area contributed by atoms with Crippen LogP contribution in [0.25, 0.3) is 0 Å². The molecule has 0 radical (unpaired) electrons. The third-order valence-electron chi connectivity index (χ3n) is 3.24.